The number of benzene rings is 1. The van der Waals surface area contributed by atoms with E-state index in [-0.39, 0.29) is 23.4 Å². The number of nitrogens with one attached hydrogen (secondary N) is 1. The monoisotopic (exact) mass is 330 g/mol. The molecule has 1 heterocycles. The lowest BCUT2D eigenvalue weighted by Crippen LogP contribution is -2.44. The predicted molar refractivity (Wildman–Crippen MR) is 86.7 cm³/mol. The van der Waals surface area contributed by atoms with Crippen molar-refractivity contribution in [1.29, 1.82) is 0 Å². The van der Waals surface area contributed by atoms with E-state index < -0.39 is 9.84 Å². The van der Waals surface area contributed by atoms with E-state index in [0.717, 1.165) is 6.42 Å². The first kappa shape index (κ1) is 16.2. The Bertz CT molecular complexity index is 619. The van der Waals surface area contributed by atoms with Crippen molar-refractivity contribution in [3.05, 3.63) is 30.1 Å². The third-order valence-electron chi connectivity index (χ3n) is 3.49. The summed E-state index contributed by atoms with van der Waals surface area (Å²) in [7, 11) is -2.98. The van der Waals surface area contributed by atoms with Crippen molar-refractivity contribution in [2.24, 2.45) is 0 Å². The minimum absolute atomic E-state index is 0.117. The minimum atomic E-state index is -2.98. The van der Waals surface area contributed by atoms with Gasteiger partial charge in [-0.2, -0.15) is 0 Å². The van der Waals surface area contributed by atoms with Crippen LogP contribution >= 0.6 is 12.2 Å². The van der Waals surface area contributed by atoms with E-state index in [1.807, 2.05) is 11.8 Å². The molecule has 1 saturated heterocycles. The topological polar surface area (TPSA) is 49.4 Å². The van der Waals surface area contributed by atoms with Gasteiger partial charge in [-0.15, -0.1) is 0 Å². The number of hydrogen-bond donors (Lipinski definition) is 1. The number of thiocarbonyl (C=S) groups is 1. The highest BCUT2D eigenvalue weighted by atomic mass is 32.2. The zero-order valence-corrected chi connectivity index (χ0v) is 13.5. The van der Waals surface area contributed by atoms with Gasteiger partial charge in [-0.05, 0) is 37.2 Å². The normalized spacial score (nSPS) is 20.2. The van der Waals surface area contributed by atoms with Crippen LogP contribution in [0.2, 0.25) is 0 Å². The molecule has 1 aliphatic heterocycles. The summed E-state index contributed by atoms with van der Waals surface area (Å²) >= 11 is 5.35. The first-order chi connectivity index (χ1) is 9.93. The second kappa shape index (κ2) is 6.70. The summed E-state index contributed by atoms with van der Waals surface area (Å²) in [5.41, 5.74) is 0.310. The molecular formula is C14H19FN2O2S2. The van der Waals surface area contributed by atoms with Crippen molar-refractivity contribution in [2.45, 2.75) is 25.8 Å². The van der Waals surface area contributed by atoms with Crippen molar-refractivity contribution in [1.82, 2.24) is 4.90 Å². The zero-order valence-electron chi connectivity index (χ0n) is 11.9. The van der Waals surface area contributed by atoms with Crippen LogP contribution in [0.5, 0.6) is 0 Å². The summed E-state index contributed by atoms with van der Waals surface area (Å²) in [4.78, 5) is 1.87. The van der Waals surface area contributed by atoms with E-state index in [1.165, 1.54) is 6.07 Å². The van der Waals surface area contributed by atoms with Gasteiger partial charge in [-0.3, -0.25) is 0 Å². The maximum absolute atomic E-state index is 13.7. The SMILES string of the molecule is CCCN(C(=S)Nc1ccccc1F)[C@@H]1CCS(=O)(=O)C1. The molecule has 0 spiro atoms. The van der Waals surface area contributed by atoms with Gasteiger partial charge in [0.05, 0.1) is 17.2 Å². The molecule has 1 aliphatic rings. The lowest BCUT2D eigenvalue weighted by molar-refractivity contribution is 0.339. The van der Waals surface area contributed by atoms with Gasteiger partial charge < -0.3 is 10.2 Å². The van der Waals surface area contributed by atoms with Gasteiger partial charge in [0, 0.05) is 12.6 Å². The Hall–Kier alpha value is -1.21. The lowest BCUT2D eigenvalue weighted by Gasteiger charge is -2.30. The van der Waals surface area contributed by atoms with Crippen LogP contribution in [-0.2, 0) is 9.84 Å². The summed E-state index contributed by atoms with van der Waals surface area (Å²) in [5, 5.41) is 3.27. The molecule has 0 bridgehead atoms. The maximum Gasteiger partial charge on any atom is 0.173 e. The summed E-state index contributed by atoms with van der Waals surface area (Å²) in [6.45, 7) is 2.66. The van der Waals surface area contributed by atoms with Gasteiger partial charge in [0.2, 0.25) is 0 Å². The summed E-state index contributed by atoms with van der Waals surface area (Å²) in [5.74, 6) is -0.0675. The molecule has 0 radical (unpaired) electrons. The van der Waals surface area contributed by atoms with E-state index >= 15 is 0 Å². The second-order valence-corrected chi connectivity index (χ2v) is 7.78. The molecule has 1 fully saturated rings. The van der Waals surface area contributed by atoms with Crippen LogP contribution in [0.4, 0.5) is 10.1 Å². The molecule has 0 amide bonds. The fourth-order valence-electron chi connectivity index (χ4n) is 2.46. The average molecular weight is 330 g/mol. The first-order valence-electron chi connectivity index (χ1n) is 6.95. The van der Waals surface area contributed by atoms with Crippen molar-refractivity contribution in [3.8, 4) is 0 Å². The standard InChI is InChI=1S/C14H19FN2O2S2/c1-2-8-17(11-7-9-21(18,19)10-11)14(20)16-13-6-4-3-5-12(13)15/h3-6,11H,2,7-10H2,1H3,(H,16,20)/t11-/m1/s1. The number of para-hydroxylation sites is 1. The van der Waals surface area contributed by atoms with E-state index in [2.05, 4.69) is 5.32 Å². The second-order valence-electron chi connectivity index (χ2n) is 5.16. The Labute approximate surface area is 130 Å². The molecule has 2 rings (SSSR count). The Morgan fingerprint density at radius 3 is 2.76 bits per heavy atom. The fraction of sp³-hybridized carbons (Fsp3) is 0.500. The van der Waals surface area contributed by atoms with Crippen LogP contribution < -0.4 is 5.32 Å². The Morgan fingerprint density at radius 1 is 1.48 bits per heavy atom. The Kier molecular flexibility index (Phi) is 5.16. The number of halogens is 1. The molecule has 7 heteroatoms. The molecule has 1 N–H and O–H groups in total. The summed E-state index contributed by atoms with van der Waals surface area (Å²) in [6.07, 6.45) is 1.41. The largest absolute Gasteiger partial charge is 0.345 e. The lowest BCUT2D eigenvalue weighted by atomic mass is 10.2. The third-order valence-corrected chi connectivity index (χ3v) is 5.58. The van der Waals surface area contributed by atoms with Gasteiger partial charge in [-0.1, -0.05) is 19.1 Å². The van der Waals surface area contributed by atoms with Crippen LogP contribution in [0.1, 0.15) is 19.8 Å². The average Bonchev–Trinajstić information content (AvgIpc) is 2.78. The molecule has 1 atom stereocenters. The van der Waals surface area contributed by atoms with Gasteiger partial charge in [0.15, 0.2) is 14.9 Å². The smallest absolute Gasteiger partial charge is 0.173 e. The van der Waals surface area contributed by atoms with E-state index in [9.17, 15) is 12.8 Å². The number of nitrogens with zero attached hydrogens (tertiary/aromatic N) is 1. The third kappa shape index (κ3) is 4.14. The Morgan fingerprint density at radius 2 is 2.19 bits per heavy atom. The minimum Gasteiger partial charge on any atom is -0.345 e. The van der Waals surface area contributed by atoms with E-state index in [0.29, 0.717) is 23.8 Å². The molecule has 0 saturated carbocycles. The zero-order chi connectivity index (χ0) is 15.5. The highest BCUT2D eigenvalue weighted by Gasteiger charge is 2.33. The molecule has 0 aromatic heterocycles. The quantitative estimate of drug-likeness (QED) is 0.859. The molecular weight excluding hydrogens is 311 g/mol. The molecule has 0 unspecified atom stereocenters. The van der Waals surface area contributed by atoms with Gasteiger partial charge in [-0.25, -0.2) is 12.8 Å². The highest BCUT2D eigenvalue weighted by Crippen LogP contribution is 2.20. The molecule has 0 aliphatic carbocycles. The van der Waals surface area contributed by atoms with Crippen LogP contribution in [0.15, 0.2) is 24.3 Å². The predicted octanol–water partition coefficient (Wildman–Crippen LogP) is 2.42. The first-order valence-corrected chi connectivity index (χ1v) is 9.18. The van der Waals surface area contributed by atoms with Gasteiger partial charge in [0.1, 0.15) is 5.82 Å². The van der Waals surface area contributed by atoms with E-state index in [4.69, 9.17) is 12.2 Å². The van der Waals surface area contributed by atoms with Crippen LogP contribution in [0.3, 0.4) is 0 Å². The van der Waals surface area contributed by atoms with E-state index in [1.54, 1.807) is 18.2 Å². The van der Waals surface area contributed by atoms with Crippen LogP contribution in [-0.4, -0.2) is 42.5 Å². The van der Waals surface area contributed by atoms with Crippen molar-refractivity contribution in [2.75, 3.05) is 23.4 Å². The van der Waals surface area contributed by atoms with Crippen molar-refractivity contribution < 1.29 is 12.8 Å². The van der Waals surface area contributed by atoms with Gasteiger partial charge >= 0.3 is 0 Å². The molecule has 116 valence electrons. The van der Waals surface area contributed by atoms with Gasteiger partial charge in [0.25, 0.3) is 0 Å². The van der Waals surface area contributed by atoms with Crippen LogP contribution in [0.25, 0.3) is 0 Å². The van der Waals surface area contributed by atoms with Crippen molar-refractivity contribution in [3.63, 3.8) is 0 Å². The fourth-order valence-corrected chi connectivity index (χ4v) is 4.54. The van der Waals surface area contributed by atoms with Crippen molar-refractivity contribution >= 4 is 32.9 Å². The highest BCUT2D eigenvalue weighted by molar-refractivity contribution is 7.91. The number of hydrogen-bond acceptors (Lipinski definition) is 3. The number of sulfone groups is 1. The molecule has 1 aromatic carbocycles. The number of anilines is 1. The molecule has 21 heavy (non-hydrogen) atoms. The van der Waals surface area contributed by atoms with Crippen LogP contribution in [0, 0.1) is 5.82 Å². The summed E-state index contributed by atoms with van der Waals surface area (Å²) in [6, 6.07) is 6.17. The molecule has 4 nitrogen and oxygen atoms in total. The Balaban J connectivity index is 2.11. The molecule has 1 aromatic rings. The maximum atomic E-state index is 13.7. The summed E-state index contributed by atoms with van der Waals surface area (Å²) < 4.78 is 36.9. The number of rotatable bonds is 4.